The summed E-state index contributed by atoms with van der Waals surface area (Å²) in [6.07, 6.45) is 5.25. The second kappa shape index (κ2) is 9.97. The molecule has 2 N–H and O–H groups in total. The molecule has 4 nitrogen and oxygen atoms in total. The fourth-order valence-corrected chi connectivity index (χ4v) is 2.28. The van der Waals surface area contributed by atoms with Crippen LogP contribution in [0.4, 0.5) is 0 Å². The molecule has 0 heterocycles. The summed E-state index contributed by atoms with van der Waals surface area (Å²) < 4.78 is 20.6. The molecule has 0 saturated heterocycles. The Labute approximate surface area is 133 Å². The van der Waals surface area contributed by atoms with Crippen molar-refractivity contribution >= 4 is 11.1 Å². The molecule has 5 heteroatoms. The van der Waals surface area contributed by atoms with Crippen molar-refractivity contribution in [2.75, 3.05) is 0 Å². The van der Waals surface area contributed by atoms with Gasteiger partial charge in [-0.1, -0.05) is 50.1 Å². The minimum Gasteiger partial charge on any atom is -0.768 e. The Kier molecular flexibility index (Phi) is 8.25. The summed E-state index contributed by atoms with van der Waals surface area (Å²) in [5.41, 5.74) is 1.47. The van der Waals surface area contributed by atoms with E-state index in [0.717, 1.165) is 12.1 Å². The normalized spacial score (nSPS) is 11.4. The second-order valence-corrected chi connectivity index (χ2v) is 5.74. The van der Waals surface area contributed by atoms with Gasteiger partial charge in [0.1, 0.15) is 11.5 Å². The summed E-state index contributed by atoms with van der Waals surface area (Å²) in [6, 6.07) is 14.0. The van der Waals surface area contributed by atoms with Crippen LogP contribution >= 0.6 is 0 Å². The number of phenolic OH excluding ortho intramolecular Hbond substituents is 2. The van der Waals surface area contributed by atoms with Gasteiger partial charge in [0, 0.05) is 6.07 Å². The van der Waals surface area contributed by atoms with E-state index in [4.69, 9.17) is 10.2 Å². The van der Waals surface area contributed by atoms with Crippen molar-refractivity contribution in [2.45, 2.75) is 37.5 Å². The van der Waals surface area contributed by atoms with Gasteiger partial charge in [0.05, 0.1) is 4.90 Å². The third-order valence-electron chi connectivity index (χ3n) is 3.03. The van der Waals surface area contributed by atoms with Gasteiger partial charge >= 0.3 is 0 Å². The summed E-state index contributed by atoms with van der Waals surface area (Å²) in [4.78, 5) is -0.220. The lowest BCUT2D eigenvalue weighted by Crippen LogP contribution is -1.88. The van der Waals surface area contributed by atoms with Crippen LogP contribution in [0.5, 0.6) is 11.5 Å². The van der Waals surface area contributed by atoms with Gasteiger partial charge in [0.15, 0.2) is 0 Å². The first-order valence-electron chi connectivity index (χ1n) is 7.19. The second-order valence-electron chi connectivity index (χ2n) is 4.83. The average Bonchev–Trinajstić information content (AvgIpc) is 2.49. The molecule has 22 heavy (non-hydrogen) atoms. The Morgan fingerprint density at radius 3 is 2.27 bits per heavy atom. The summed E-state index contributed by atoms with van der Waals surface area (Å²) in [6.45, 7) is 2.24. The van der Waals surface area contributed by atoms with E-state index in [-0.39, 0.29) is 10.6 Å². The van der Waals surface area contributed by atoms with Crippen LogP contribution in [0.15, 0.2) is 53.4 Å². The molecular weight excluding hydrogens is 300 g/mol. The number of hydrogen-bond donors (Lipinski definition) is 2. The van der Waals surface area contributed by atoms with Crippen molar-refractivity contribution in [1.29, 1.82) is 0 Å². The molecule has 2 aromatic rings. The van der Waals surface area contributed by atoms with E-state index in [1.54, 1.807) is 0 Å². The number of rotatable bonds is 5. The van der Waals surface area contributed by atoms with Crippen molar-refractivity contribution in [3.63, 3.8) is 0 Å². The maximum atomic E-state index is 10.3. The molecule has 0 bridgehead atoms. The maximum Gasteiger partial charge on any atom is 0.134 e. The highest BCUT2D eigenvalue weighted by Gasteiger charge is 2.00. The zero-order valence-electron chi connectivity index (χ0n) is 12.6. The Hall–Kier alpha value is -1.85. The number of unbranched alkanes of at least 4 members (excludes halogenated alkanes) is 2. The number of aromatic hydroxyl groups is 2. The van der Waals surface area contributed by atoms with Crippen molar-refractivity contribution in [3.8, 4) is 11.5 Å². The smallest absolute Gasteiger partial charge is 0.134 e. The quantitative estimate of drug-likeness (QED) is 0.649. The minimum atomic E-state index is -2.46. The monoisotopic (exact) mass is 321 g/mol. The molecule has 0 aliphatic heterocycles. The first kappa shape index (κ1) is 18.2. The fraction of sp³-hybridized carbons (Fsp3) is 0.294. The zero-order chi connectivity index (χ0) is 16.4. The molecule has 0 aliphatic rings. The topological polar surface area (TPSA) is 80.6 Å². The maximum absolute atomic E-state index is 10.3. The number of phenols is 2. The Morgan fingerprint density at radius 2 is 1.73 bits per heavy atom. The molecule has 1 atom stereocenters. The summed E-state index contributed by atoms with van der Waals surface area (Å²) in [7, 11) is 0. The van der Waals surface area contributed by atoms with Crippen LogP contribution in [0, 0.1) is 0 Å². The van der Waals surface area contributed by atoms with Crippen LogP contribution in [0.25, 0.3) is 0 Å². The average molecular weight is 321 g/mol. The first-order valence-corrected chi connectivity index (χ1v) is 8.27. The van der Waals surface area contributed by atoms with Crippen LogP contribution in [-0.2, 0) is 17.5 Å². The number of aryl methyl sites for hydroxylation is 1. The molecule has 120 valence electrons. The third kappa shape index (κ3) is 6.74. The van der Waals surface area contributed by atoms with Gasteiger partial charge in [0.2, 0.25) is 0 Å². The Balaban J connectivity index is 0.000000220. The largest absolute Gasteiger partial charge is 0.768 e. The lowest BCUT2D eigenvalue weighted by molar-refractivity contribution is 0.437. The highest BCUT2D eigenvalue weighted by Crippen LogP contribution is 2.24. The molecule has 2 aromatic carbocycles. The highest BCUT2D eigenvalue weighted by molar-refractivity contribution is 7.79. The molecule has 0 radical (unpaired) electrons. The van der Waals surface area contributed by atoms with Crippen LogP contribution in [0.3, 0.4) is 0 Å². The third-order valence-corrected chi connectivity index (χ3v) is 3.74. The zero-order valence-corrected chi connectivity index (χ0v) is 13.4. The van der Waals surface area contributed by atoms with Crippen LogP contribution in [0.2, 0.25) is 0 Å². The Morgan fingerprint density at radius 1 is 1.05 bits per heavy atom. The van der Waals surface area contributed by atoms with E-state index < -0.39 is 16.8 Å². The lowest BCUT2D eigenvalue weighted by Gasteiger charge is -2.06. The van der Waals surface area contributed by atoms with E-state index in [0.29, 0.717) is 0 Å². The van der Waals surface area contributed by atoms with E-state index in [1.807, 2.05) is 0 Å². The standard InChI is InChI=1S/C11H16.C6H6O4S/c1-2-3-5-8-11-9-6-4-7-10-11;7-4-1-2-6(11(9)10)5(8)3-4/h4,6-7,9-10H,2-3,5,8H2,1H3;1-3,7-8H,(H,9,10)/p-1. The first-order chi connectivity index (χ1) is 10.5. The van der Waals surface area contributed by atoms with Crippen LogP contribution in [-0.4, -0.2) is 19.0 Å². The van der Waals surface area contributed by atoms with Gasteiger partial charge in [-0.25, -0.2) is 0 Å². The van der Waals surface area contributed by atoms with Gasteiger partial charge in [-0.3, -0.25) is 4.21 Å². The van der Waals surface area contributed by atoms with Gasteiger partial charge < -0.3 is 14.8 Å². The SMILES string of the molecule is CCCCCc1ccccc1.O=S([O-])c1ccc(O)cc1O. The van der Waals surface area contributed by atoms with Crippen LogP contribution in [0.1, 0.15) is 31.7 Å². The van der Waals surface area contributed by atoms with Crippen molar-refractivity contribution < 1.29 is 19.0 Å². The van der Waals surface area contributed by atoms with Crippen molar-refractivity contribution in [2.24, 2.45) is 0 Å². The Bertz CT molecular complexity index is 584. The van der Waals surface area contributed by atoms with Crippen molar-refractivity contribution in [3.05, 3.63) is 54.1 Å². The van der Waals surface area contributed by atoms with E-state index in [9.17, 15) is 8.76 Å². The van der Waals surface area contributed by atoms with Gasteiger partial charge in [-0.05, 0) is 41.6 Å². The molecule has 0 saturated carbocycles. The van der Waals surface area contributed by atoms with E-state index >= 15 is 0 Å². The summed E-state index contributed by atoms with van der Waals surface area (Å²) in [5.74, 6) is -0.616. The predicted octanol–water partition coefficient (Wildman–Crippen LogP) is 3.76. The molecule has 0 aliphatic carbocycles. The number of hydrogen-bond acceptors (Lipinski definition) is 4. The van der Waals surface area contributed by atoms with Crippen molar-refractivity contribution in [1.82, 2.24) is 0 Å². The highest BCUT2D eigenvalue weighted by atomic mass is 32.2. The molecule has 0 spiro atoms. The molecule has 0 amide bonds. The fourth-order valence-electron chi connectivity index (χ4n) is 1.87. The van der Waals surface area contributed by atoms with Gasteiger partial charge in [-0.2, -0.15) is 0 Å². The molecule has 0 aromatic heterocycles. The van der Waals surface area contributed by atoms with Crippen LogP contribution < -0.4 is 0 Å². The molecule has 0 fully saturated rings. The van der Waals surface area contributed by atoms with E-state index in [1.165, 1.54) is 37.3 Å². The van der Waals surface area contributed by atoms with E-state index in [2.05, 4.69) is 37.3 Å². The molecule has 1 unspecified atom stereocenters. The summed E-state index contributed by atoms with van der Waals surface area (Å²) >= 11 is -2.46. The minimum absolute atomic E-state index is 0.170. The van der Waals surface area contributed by atoms with Gasteiger partial charge in [-0.15, -0.1) is 0 Å². The predicted molar refractivity (Wildman–Crippen MR) is 86.6 cm³/mol. The molecular formula is C17H21O4S-. The summed E-state index contributed by atoms with van der Waals surface area (Å²) in [5, 5.41) is 17.7. The lowest BCUT2D eigenvalue weighted by atomic mass is 10.1. The molecule has 2 rings (SSSR count). The van der Waals surface area contributed by atoms with Gasteiger partial charge in [0.25, 0.3) is 0 Å². The number of benzene rings is 2.